The van der Waals surface area contributed by atoms with Gasteiger partial charge in [-0.05, 0) is 24.5 Å². The van der Waals surface area contributed by atoms with Crippen LogP contribution in [0.15, 0.2) is 51.9 Å². The van der Waals surface area contributed by atoms with Crippen LogP contribution < -0.4 is 21.4 Å². The Morgan fingerprint density at radius 1 is 1.29 bits per heavy atom. The predicted molar refractivity (Wildman–Crippen MR) is 98.8 cm³/mol. The first-order valence-electron chi connectivity index (χ1n) is 8.21. The summed E-state index contributed by atoms with van der Waals surface area (Å²) in [7, 11) is 0. The summed E-state index contributed by atoms with van der Waals surface area (Å²) in [4.78, 5) is 14.6. The fraction of sp³-hybridized carbons (Fsp3) is 0.316. The normalized spacial score (nSPS) is 17.9. The molecule has 5 nitrogen and oxygen atoms in total. The van der Waals surface area contributed by atoms with Crippen LogP contribution in [0.5, 0.6) is 0 Å². The van der Waals surface area contributed by atoms with E-state index in [1.54, 1.807) is 12.1 Å². The third-order valence-corrected chi connectivity index (χ3v) is 4.45. The molecule has 2 heterocycles. The molecule has 1 aromatic heterocycles. The summed E-state index contributed by atoms with van der Waals surface area (Å²) in [6.07, 6.45) is 6.96. The highest BCUT2D eigenvalue weighted by Gasteiger charge is 2.20. The summed E-state index contributed by atoms with van der Waals surface area (Å²) in [5, 5.41) is 3.29. The average Bonchev–Trinajstić information content (AvgIpc) is 2.62. The number of rotatable bonds is 4. The molecule has 126 valence electrons. The molecule has 1 fully saturated rings. The van der Waals surface area contributed by atoms with E-state index in [0.717, 1.165) is 55.9 Å². The van der Waals surface area contributed by atoms with Crippen molar-refractivity contribution in [2.75, 3.05) is 31.1 Å². The lowest BCUT2D eigenvalue weighted by atomic mass is 9.93. The second-order valence-electron chi connectivity index (χ2n) is 6.04. The van der Waals surface area contributed by atoms with Crippen molar-refractivity contribution in [2.45, 2.75) is 12.8 Å². The highest BCUT2D eigenvalue weighted by molar-refractivity contribution is 5.80. The quantitative estimate of drug-likeness (QED) is 0.888. The van der Waals surface area contributed by atoms with E-state index in [2.05, 4.69) is 23.4 Å². The zero-order valence-corrected chi connectivity index (χ0v) is 13.8. The van der Waals surface area contributed by atoms with Gasteiger partial charge in [0, 0.05) is 43.5 Å². The Balaban J connectivity index is 2.02. The molecular formula is C19H23N3O2. The number of anilines is 1. The van der Waals surface area contributed by atoms with Gasteiger partial charge in [0.1, 0.15) is 5.76 Å². The molecule has 0 unspecified atom stereocenters. The zero-order chi connectivity index (χ0) is 17.1. The van der Waals surface area contributed by atoms with Gasteiger partial charge in [0.15, 0.2) is 11.3 Å². The van der Waals surface area contributed by atoms with E-state index in [1.165, 1.54) is 0 Å². The molecule has 3 N–H and O–H groups in total. The van der Waals surface area contributed by atoms with Gasteiger partial charge < -0.3 is 20.4 Å². The Hall–Kier alpha value is -2.53. The summed E-state index contributed by atoms with van der Waals surface area (Å²) in [5.74, 6) is 1.10. The van der Waals surface area contributed by atoms with Crippen molar-refractivity contribution < 1.29 is 4.42 Å². The molecule has 2 aliphatic rings. The third-order valence-electron chi connectivity index (χ3n) is 4.45. The van der Waals surface area contributed by atoms with Crippen molar-refractivity contribution in [3.8, 4) is 0 Å². The second kappa shape index (κ2) is 6.93. The lowest BCUT2D eigenvalue weighted by Gasteiger charge is -2.28. The van der Waals surface area contributed by atoms with Crippen LogP contribution in [-0.4, -0.2) is 26.2 Å². The smallest absolute Gasteiger partial charge is 0.200 e. The maximum absolute atomic E-state index is 12.5. The van der Waals surface area contributed by atoms with Crippen LogP contribution in [0.1, 0.15) is 24.2 Å². The highest BCUT2D eigenvalue weighted by atomic mass is 16.4. The average molecular weight is 325 g/mol. The Bertz CT molecular complexity index is 780. The molecule has 0 bridgehead atoms. The summed E-state index contributed by atoms with van der Waals surface area (Å²) < 4.78 is 6.10. The molecule has 3 rings (SSSR count). The van der Waals surface area contributed by atoms with Crippen LogP contribution in [0.4, 0.5) is 5.88 Å². The van der Waals surface area contributed by atoms with Crippen molar-refractivity contribution in [1.82, 2.24) is 5.32 Å². The molecule has 1 aliphatic heterocycles. The number of nitrogens with one attached hydrogen (secondary N) is 1. The maximum atomic E-state index is 12.5. The topological polar surface area (TPSA) is 71.5 Å². The molecule has 0 atom stereocenters. The Morgan fingerprint density at radius 3 is 2.67 bits per heavy atom. The van der Waals surface area contributed by atoms with Crippen molar-refractivity contribution >= 4 is 17.5 Å². The number of hydrogen-bond donors (Lipinski definition) is 2. The second-order valence-corrected chi connectivity index (χ2v) is 6.04. The van der Waals surface area contributed by atoms with Gasteiger partial charge in [-0.1, -0.05) is 25.3 Å². The van der Waals surface area contributed by atoms with Crippen LogP contribution in [0.3, 0.4) is 0 Å². The number of nitrogens with two attached hydrogens (primary N) is 1. The number of piperazine rings is 1. The van der Waals surface area contributed by atoms with Crippen LogP contribution >= 0.6 is 0 Å². The summed E-state index contributed by atoms with van der Waals surface area (Å²) in [6.45, 7) is 11.3. The van der Waals surface area contributed by atoms with Gasteiger partial charge in [0.25, 0.3) is 0 Å². The predicted octanol–water partition coefficient (Wildman–Crippen LogP) is 2.27. The van der Waals surface area contributed by atoms with E-state index in [4.69, 9.17) is 10.2 Å². The molecule has 24 heavy (non-hydrogen) atoms. The largest absolute Gasteiger partial charge is 0.440 e. The van der Waals surface area contributed by atoms with Gasteiger partial charge in [-0.25, -0.2) is 0 Å². The minimum atomic E-state index is -0.0904. The van der Waals surface area contributed by atoms with Crippen LogP contribution in [0.2, 0.25) is 0 Å². The third kappa shape index (κ3) is 3.21. The maximum Gasteiger partial charge on any atom is 0.200 e. The fourth-order valence-electron chi connectivity index (χ4n) is 3.00. The molecule has 0 amide bonds. The van der Waals surface area contributed by atoms with E-state index < -0.39 is 0 Å². The van der Waals surface area contributed by atoms with E-state index >= 15 is 0 Å². The van der Waals surface area contributed by atoms with E-state index in [1.807, 2.05) is 12.2 Å². The number of nitrogens with zero attached hydrogens (tertiary/aromatic N) is 1. The van der Waals surface area contributed by atoms with Crippen LogP contribution in [-0.2, 0) is 0 Å². The van der Waals surface area contributed by atoms with Gasteiger partial charge in [-0.15, -0.1) is 0 Å². The summed E-state index contributed by atoms with van der Waals surface area (Å²) >= 11 is 0. The van der Waals surface area contributed by atoms with Crippen molar-refractivity contribution in [2.24, 2.45) is 5.73 Å². The SMILES string of the molecule is C=Cc1c(C(=C)C2=CC=C(N)CC2)oc(N2CCNCC2)cc1=O. The monoisotopic (exact) mass is 325 g/mol. The lowest BCUT2D eigenvalue weighted by molar-refractivity contribution is 0.487. The Morgan fingerprint density at radius 2 is 2.04 bits per heavy atom. The standard InChI is InChI=1S/C19H23N3O2/c1-3-16-17(23)12-18(22-10-8-21-9-11-22)24-19(16)13(2)14-4-6-15(20)7-5-14/h3-4,6,12,21H,1-2,5,7-11,20H2. The molecular weight excluding hydrogens is 302 g/mol. The first-order valence-corrected chi connectivity index (χ1v) is 8.21. The van der Waals surface area contributed by atoms with Gasteiger partial charge >= 0.3 is 0 Å². The van der Waals surface area contributed by atoms with Crippen molar-refractivity contribution in [3.05, 3.63) is 64.2 Å². The molecule has 0 radical (unpaired) electrons. The van der Waals surface area contributed by atoms with Gasteiger partial charge in [-0.3, -0.25) is 4.79 Å². The molecule has 1 aromatic rings. The molecule has 1 saturated heterocycles. The minimum Gasteiger partial charge on any atom is -0.440 e. The molecule has 0 aromatic carbocycles. The minimum absolute atomic E-state index is 0.0904. The van der Waals surface area contributed by atoms with Gasteiger partial charge in [0.2, 0.25) is 0 Å². The van der Waals surface area contributed by atoms with Crippen LogP contribution in [0.25, 0.3) is 11.6 Å². The molecule has 5 heteroatoms. The lowest BCUT2D eigenvalue weighted by Crippen LogP contribution is -2.43. The van der Waals surface area contributed by atoms with Gasteiger partial charge in [-0.2, -0.15) is 0 Å². The Labute approximate surface area is 141 Å². The Kier molecular flexibility index (Phi) is 4.71. The van der Waals surface area contributed by atoms with E-state index in [0.29, 0.717) is 17.2 Å². The summed E-state index contributed by atoms with van der Waals surface area (Å²) in [6, 6.07) is 1.55. The molecule has 0 saturated carbocycles. The number of allylic oxidation sites excluding steroid dienone is 5. The zero-order valence-electron chi connectivity index (χ0n) is 13.8. The van der Waals surface area contributed by atoms with Crippen molar-refractivity contribution in [3.63, 3.8) is 0 Å². The summed E-state index contributed by atoms with van der Waals surface area (Å²) in [5.41, 5.74) is 8.81. The first-order chi connectivity index (χ1) is 11.6. The molecule has 1 aliphatic carbocycles. The first kappa shape index (κ1) is 16.3. The van der Waals surface area contributed by atoms with Crippen LogP contribution in [0, 0.1) is 0 Å². The van der Waals surface area contributed by atoms with Gasteiger partial charge in [0.05, 0.1) is 5.56 Å². The number of hydrogen-bond acceptors (Lipinski definition) is 5. The van der Waals surface area contributed by atoms with E-state index in [9.17, 15) is 4.79 Å². The van der Waals surface area contributed by atoms with Crippen molar-refractivity contribution in [1.29, 1.82) is 0 Å². The molecule has 0 spiro atoms. The fourth-order valence-corrected chi connectivity index (χ4v) is 3.00. The highest BCUT2D eigenvalue weighted by Crippen LogP contribution is 2.32. The van der Waals surface area contributed by atoms with E-state index in [-0.39, 0.29) is 5.43 Å².